The molecule has 1 aromatic rings. The molecule has 0 aromatic heterocycles. The van der Waals surface area contributed by atoms with Crippen LogP contribution in [-0.2, 0) is 25.6 Å². The molecule has 1 aromatic carbocycles. The molecule has 0 aliphatic carbocycles. The van der Waals surface area contributed by atoms with Crippen LogP contribution in [0.2, 0.25) is 0 Å². The van der Waals surface area contributed by atoms with Gasteiger partial charge < -0.3 is 31.5 Å². The second-order valence-corrected chi connectivity index (χ2v) is 8.29. The van der Waals surface area contributed by atoms with E-state index in [1.165, 1.54) is 0 Å². The standard InChI is InChI=1S/C22H32N4O6/c1-13(2)18(23)20(29)24-15(11-14-7-4-3-5-8-14)19(28)25-16(12-27)21(30)26-10-6-9-17(26)22(31)32/h3-5,7-8,13,15-18,27H,6,9-12,23H2,1-2H3,(H,24,29)(H,25,28)(H,31,32). The molecular weight excluding hydrogens is 416 g/mol. The summed E-state index contributed by atoms with van der Waals surface area (Å²) in [6, 6.07) is 4.84. The fourth-order valence-electron chi connectivity index (χ4n) is 3.57. The number of nitrogens with zero attached hydrogens (tertiary/aromatic N) is 1. The van der Waals surface area contributed by atoms with Gasteiger partial charge in [-0.15, -0.1) is 0 Å². The molecule has 0 radical (unpaired) electrons. The van der Waals surface area contributed by atoms with Crippen LogP contribution in [0.5, 0.6) is 0 Å². The van der Waals surface area contributed by atoms with Gasteiger partial charge in [0.15, 0.2) is 0 Å². The topological polar surface area (TPSA) is 162 Å². The summed E-state index contributed by atoms with van der Waals surface area (Å²) in [5, 5.41) is 24.1. The molecule has 1 aliphatic rings. The van der Waals surface area contributed by atoms with Gasteiger partial charge in [0.25, 0.3) is 0 Å². The van der Waals surface area contributed by atoms with Crippen molar-refractivity contribution in [2.45, 2.75) is 57.3 Å². The van der Waals surface area contributed by atoms with E-state index in [4.69, 9.17) is 5.73 Å². The third-order valence-electron chi connectivity index (χ3n) is 5.55. The van der Waals surface area contributed by atoms with E-state index in [1.54, 1.807) is 38.1 Å². The van der Waals surface area contributed by atoms with E-state index in [0.717, 1.165) is 10.5 Å². The fraction of sp³-hybridized carbons (Fsp3) is 0.545. The van der Waals surface area contributed by atoms with Crippen molar-refractivity contribution < 1.29 is 29.4 Å². The Morgan fingerprint density at radius 3 is 2.28 bits per heavy atom. The first-order chi connectivity index (χ1) is 15.1. The van der Waals surface area contributed by atoms with E-state index in [9.17, 15) is 29.4 Å². The average Bonchev–Trinajstić information content (AvgIpc) is 3.26. The maximum absolute atomic E-state index is 13.0. The number of carboxylic acids is 1. The van der Waals surface area contributed by atoms with E-state index in [0.29, 0.717) is 12.8 Å². The number of carboxylic acid groups (broad SMARTS) is 1. The average molecular weight is 449 g/mol. The summed E-state index contributed by atoms with van der Waals surface area (Å²) >= 11 is 0. The predicted octanol–water partition coefficient (Wildman–Crippen LogP) is -0.750. The molecule has 2 rings (SSSR count). The number of benzene rings is 1. The van der Waals surface area contributed by atoms with Gasteiger partial charge in [0.05, 0.1) is 12.6 Å². The summed E-state index contributed by atoms with van der Waals surface area (Å²) < 4.78 is 0. The molecule has 1 aliphatic heterocycles. The van der Waals surface area contributed by atoms with Crippen molar-refractivity contribution in [1.29, 1.82) is 0 Å². The lowest BCUT2D eigenvalue weighted by Gasteiger charge is -2.28. The Morgan fingerprint density at radius 2 is 1.72 bits per heavy atom. The van der Waals surface area contributed by atoms with Crippen LogP contribution >= 0.6 is 0 Å². The zero-order valence-corrected chi connectivity index (χ0v) is 18.4. The Labute approximate surface area is 187 Å². The minimum Gasteiger partial charge on any atom is -0.480 e. The van der Waals surface area contributed by atoms with Crippen LogP contribution in [0.15, 0.2) is 30.3 Å². The first-order valence-electron chi connectivity index (χ1n) is 10.7. The number of nitrogens with two attached hydrogens (primary N) is 1. The van der Waals surface area contributed by atoms with E-state index in [1.807, 2.05) is 6.07 Å². The molecule has 10 heteroatoms. The van der Waals surface area contributed by atoms with E-state index in [-0.39, 0.29) is 18.9 Å². The van der Waals surface area contributed by atoms with Crippen molar-refractivity contribution in [2.24, 2.45) is 11.7 Å². The van der Waals surface area contributed by atoms with Gasteiger partial charge in [-0.2, -0.15) is 0 Å². The maximum atomic E-state index is 13.0. The smallest absolute Gasteiger partial charge is 0.326 e. The second-order valence-electron chi connectivity index (χ2n) is 8.29. The number of nitrogens with one attached hydrogen (secondary N) is 2. The quantitative estimate of drug-likeness (QED) is 0.314. The molecule has 0 bridgehead atoms. The Balaban J connectivity index is 2.16. The largest absolute Gasteiger partial charge is 0.480 e. The molecule has 1 saturated heterocycles. The molecule has 6 N–H and O–H groups in total. The Morgan fingerprint density at radius 1 is 1.09 bits per heavy atom. The highest BCUT2D eigenvalue weighted by Gasteiger charge is 2.38. The number of hydrogen-bond acceptors (Lipinski definition) is 6. The molecule has 3 amide bonds. The summed E-state index contributed by atoms with van der Waals surface area (Å²) in [5.41, 5.74) is 6.68. The van der Waals surface area contributed by atoms with Crippen LogP contribution in [0.3, 0.4) is 0 Å². The number of aliphatic hydroxyl groups excluding tert-OH is 1. The number of rotatable bonds is 10. The van der Waals surface area contributed by atoms with Crippen LogP contribution in [0.1, 0.15) is 32.3 Å². The molecule has 10 nitrogen and oxygen atoms in total. The van der Waals surface area contributed by atoms with E-state index < -0.39 is 54.5 Å². The van der Waals surface area contributed by atoms with Crippen molar-refractivity contribution in [3.63, 3.8) is 0 Å². The number of amides is 3. The van der Waals surface area contributed by atoms with Crippen LogP contribution in [-0.4, -0.2) is 76.1 Å². The zero-order valence-electron chi connectivity index (χ0n) is 18.4. The second kappa shape index (κ2) is 11.6. The Kier molecular flexibility index (Phi) is 9.15. The molecule has 4 unspecified atom stereocenters. The van der Waals surface area contributed by atoms with E-state index >= 15 is 0 Å². The van der Waals surface area contributed by atoms with Crippen molar-refractivity contribution in [3.8, 4) is 0 Å². The van der Waals surface area contributed by atoms with E-state index in [2.05, 4.69) is 10.6 Å². The monoisotopic (exact) mass is 448 g/mol. The molecule has 32 heavy (non-hydrogen) atoms. The van der Waals surface area contributed by atoms with Gasteiger partial charge in [-0.05, 0) is 24.3 Å². The van der Waals surface area contributed by atoms with Crippen LogP contribution in [0.25, 0.3) is 0 Å². The minimum atomic E-state index is -1.32. The highest BCUT2D eigenvalue weighted by atomic mass is 16.4. The predicted molar refractivity (Wildman–Crippen MR) is 116 cm³/mol. The Hall–Kier alpha value is -2.98. The van der Waals surface area contributed by atoms with Crippen LogP contribution in [0.4, 0.5) is 0 Å². The van der Waals surface area contributed by atoms with Gasteiger partial charge in [-0.1, -0.05) is 44.2 Å². The third kappa shape index (κ3) is 6.51. The summed E-state index contributed by atoms with van der Waals surface area (Å²) in [5.74, 6) is -3.12. The third-order valence-corrected chi connectivity index (χ3v) is 5.55. The minimum absolute atomic E-state index is 0.148. The number of aliphatic hydroxyl groups is 1. The highest BCUT2D eigenvalue weighted by molar-refractivity contribution is 5.94. The number of likely N-dealkylation sites (tertiary alicyclic amines) is 1. The summed E-state index contributed by atoms with van der Waals surface area (Å²) in [6.07, 6.45) is 0.985. The van der Waals surface area contributed by atoms with Gasteiger partial charge in [0.1, 0.15) is 18.1 Å². The first-order valence-corrected chi connectivity index (χ1v) is 10.7. The van der Waals surface area contributed by atoms with Gasteiger partial charge in [0, 0.05) is 13.0 Å². The van der Waals surface area contributed by atoms with Gasteiger partial charge in [-0.25, -0.2) is 4.79 Å². The number of hydrogen-bond donors (Lipinski definition) is 5. The molecule has 0 spiro atoms. The molecular formula is C22H32N4O6. The lowest BCUT2D eigenvalue weighted by Crippen LogP contribution is -2.59. The molecule has 4 atom stereocenters. The lowest BCUT2D eigenvalue weighted by atomic mass is 10.0. The van der Waals surface area contributed by atoms with Crippen molar-refractivity contribution >= 4 is 23.7 Å². The molecule has 1 fully saturated rings. The number of carbonyl (C=O) groups excluding carboxylic acids is 3. The van der Waals surface area contributed by atoms with Crippen molar-refractivity contribution in [3.05, 3.63) is 35.9 Å². The van der Waals surface area contributed by atoms with Gasteiger partial charge in [-0.3, -0.25) is 14.4 Å². The summed E-state index contributed by atoms with van der Waals surface area (Å²) in [6.45, 7) is 3.10. The molecule has 0 saturated carbocycles. The normalized spacial score (nSPS) is 18.7. The van der Waals surface area contributed by atoms with Crippen molar-refractivity contribution in [1.82, 2.24) is 15.5 Å². The molecule has 176 valence electrons. The highest BCUT2D eigenvalue weighted by Crippen LogP contribution is 2.18. The fourth-order valence-corrected chi connectivity index (χ4v) is 3.57. The summed E-state index contributed by atoms with van der Waals surface area (Å²) in [4.78, 5) is 50.9. The summed E-state index contributed by atoms with van der Waals surface area (Å²) in [7, 11) is 0. The van der Waals surface area contributed by atoms with Gasteiger partial charge >= 0.3 is 5.97 Å². The SMILES string of the molecule is CC(C)C(N)C(=O)NC(Cc1ccccc1)C(=O)NC(CO)C(=O)N1CCCC1C(=O)O. The number of aliphatic carboxylic acids is 1. The van der Waals surface area contributed by atoms with Gasteiger partial charge in [0.2, 0.25) is 17.7 Å². The van der Waals surface area contributed by atoms with Crippen molar-refractivity contribution in [2.75, 3.05) is 13.2 Å². The number of carbonyl (C=O) groups is 4. The Bertz CT molecular complexity index is 816. The zero-order chi connectivity index (χ0) is 23.8. The molecule has 1 heterocycles. The lowest BCUT2D eigenvalue weighted by molar-refractivity contribution is -0.150. The first kappa shape index (κ1) is 25.3. The maximum Gasteiger partial charge on any atom is 0.326 e. The van der Waals surface area contributed by atoms with Crippen LogP contribution in [0, 0.1) is 5.92 Å². The van der Waals surface area contributed by atoms with Crippen LogP contribution < -0.4 is 16.4 Å².